The maximum Gasteiger partial charge on any atom is 0.323 e. The smallest absolute Gasteiger partial charge is 0.323 e. The summed E-state index contributed by atoms with van der Waals surface area (Å²) in [6.45, 7) is 2.28. The van der Waals surface area contributed by atoms with Crippen LogP contribution in [0.4, 0.5) is 4.79 Å². The molecule has 1 fully saturated rings. The minimum absolute atomic E-state index is 0.0136. The average molecular weight is 577 g/mol. The van der Waals surface area contributed by atoms with Crippen molar-refractivity contribution >= 4 is 51.6 Å². The number of urea groups is 1. The maximum atomic E-state index is 12.6. The molecule has 3 atom stereocenters. The molecule has 13 heteroatoms. The van der Waals surface area contributed by atoms with Crippen LogP contribution in [0.3, 0.4) is 0 Å². The lowest BCUT2D eigenvalue weighted by Gasteiger charge is -2.17. The van der Waals surface area contributed by atoms with Crippen LogP contribution in [0.25, 0.3) is 0 Å². The molecule has 1 saturated heterocycles. The second kappa shape index (κ2) is 12.5. The first-order valence-electron chi connectivity index (χ1n) is 10.6. The maximum absolute atomic E-state index is 12.6. The molecule has 1 unspecified atom stereocenters. The lowest BCUT2D eigenvalue weighted by molar-refractivity contribution is -0.154. The largest absolute Gasteiger partial charge is 0.463 e. The third-order valence-electron chi connectivity index (χ3n) is 4.75. The number of rotatable bonds is 7. The molecule has 1 aliphatic heterocycles. The molecule has 2 heterocycles. The average Bonchev–Trinajstić information content (AvgIpc) is 3.19. The van der Waals surface area contributed by atoms with Gasteiger partial charge in [-0.15, -0.1) is 0 Å². The van der Waals surface area contributed by atoms with E-state index in [1.54, 1.807) is 0 Å². The molecule has 0 aliphatic carbocycles. The molecule has 36 heavy (non-hydrogen) atoms. The van der Waals surface area contributed by atoms with Crippen molar-refractivity contribution in [1.29, 1.82) is 5.26 Å². The Morgan fingerprint density at radius 1 is 1.22 bits per heavy atom. The van der Waals surface area contributed by atoms with Crippen LogP contribution in [0.15, 0.2) is 50.9 Å². The van der Waals surface area contributed by atoms with Gasteiger partial charge in [-0.3, -0.25) is 19.7 Å². The summed E-state index contributed by atoms with van der Waals surface area (Å²) in [5.74, 6) is -1.87. The number of nitrogens with zero attached hydrogens (tertiary/aromatic N) is 2. The quantitative estimate of drug-likeness (QED) is 0.469. The van der Waals surface area contributed by atoms with Crippen molar-refractivity contribution < 1.29 is 33.4 Å². The molecule has 1 aromatic heterocycles. The van der Waals surface area contributed by atoms with Crippen molar-refractivity contribution in [3.8, 4) is 6.07 Å². The Morgan fingerprint density at radius 2 is 1.94 bits per heavy atom. The van der Waals surface area contributed by atoms with Crippen LogP contribution >= 0.6 is 27.7 Å². The Kier molecular flexibility index (Phi) is 9.40. The van der Waals surface area contributed by atoms with E-state index in [9.17, 15) is 24.4 Å². The second-order valence-electron chi connectivity index (χ2n) is 7.52. The lowest BCUT2D eigenvalue weighted by atomic mass is 10.2. The SMILES string of the molecule is CC(=O)OC[C@H]1O[C@@H](NC(=O)NC(=O)c2cnc(Sc3ccc(Br)cc3)c(C#N)c2)CC1OC(C)=O. The molecule has 3 rings (SSSR count). The van der Waals surface area contributed by atoms with E-state index in [0.29, 0.717) is 5.03 Å². The van der Waals surface area contributed by atoms with Crippen molar-refractivity contribution in [3.63, 3.8) is 0 Å². The Balaban J connectivity index is 1.60. The Bertz CT molecular complexity index is 1200. The van der Waals surface area contributed by atoms with E-state index in [1.807, 2.05) is 30.3 Å². The van der Waals surface area contributed by atoms with E-state index >= 15 is 0 Å². The highest BCUT2D eigenvalue weighted by Crippen LogP contribution is 2.30. The van der Waals surface area contributed by atoms with E-state index in [0.717, 1.165) is 9.37 Å². The molecule has 0 saturated carbocycles. The van der Waals surface area contributed by atoms with Crippen LogP contribution in [0.1, 0.15) is 36.2 Å². The van der Waals surface area contributed by atoms with Crippen LogP contribution in [0, 0.1) is 11.3 Å². The standard InChI is InChI=1S/C23H21BrN4O7S/c1-12(29)33-11-19-18(34-13(2)30)8-20(35-19)27-23(32)28-21(31)15-7-14(9-25)22(26-10-15)36-17-5-3-16(24)4-6-17/h3-7,10,18-20H,8,11H2,1-2H3,(H2,27,28,31,32)/t18?,19-,20-/m1/s1. The fourth-order valence-electron chi connectivity index (χ4n) is 3.20. The third-order valence-corrected chi connectivity index (χ3v) is 6.30. The van der Waals surface area contributed by atoms with Gasteiger partial charge in [0.2, 0.25) is 0 Å². The predicted molar refractivity (Wildman–Crippen MR) is 129 cm³/mol. The molecule has 11 nitrogen and oxygen atoms in total. The Hall–Kier alpha value is -3.47. The highest BCUT2D eigenvalue weighted by Gasteiger charge is 2.39. The molecule has 1 aromatic carbocycles. The number of pyridine rings is 1. The number of aromatic nitrogens is 1. The monoisotopic (exact) mass is 576 g/mol. The first-order valence-corrected chi connectivity index (χ1v) is 12.2. The molecule has 188 valence electrons. The van der Waals surface area contributed by atoms with E-state index in [2.05, 4.69) is 31.5 Å². The van der Waals surface area contributed by atoms with Crippen molar-refractivity contribution in [2.75, 3.05) is 6.61 Å². The van der Waals surface area contributed by atoms with Gasteiger partial charge in [-0.1, -0.05) is 27.7 Å². The van der Waals surface area contributed by atoms with Gasteiger partial charge in [-0.25, -0.2) is 9.78 Å². The van der Waals surface area contributed by atoms with Crippen LogP contribution in [-0.4, -0.2) is 53.9 Å². The number of hydrogen-bond acceptors (Lipinski definition) is 10. The van der Waals surface area contributed by atoms with Crippen molar-refractivity contribution in [3.05, 3.63) is 52.1 Å². The van der Waals surface area contributed by atoms with Crippen LogP contribution < -0.4 is 10.6 Å². The summed E-state index contributed by atoms with van der Waals surface area (Å²) >= 11 is 4.62. The molecule has 3 amide bonds. The van der Waals surface area contributed by atoms with E-state index in [4.69, 9.17) is 14.2 Å². The summed E-state index contributed by atoms with van der Waals surface area (Å²) in [4.78, 5) is 52.4. The minimum atomic E-state index is -0.903. The van der Waals surface area contributed by atoms with Crippen LogP contribution in [0.5, 0.6) is 0 Å². The highest BCUT2D eigenvalue weighted by atomic mass is 79.9. The van der Waals surface area contributed by atoms with Gasteiger partial charge in [0, 0.05) is 35.8 Å². The van der Waals surface area contributed by atoms with Gasteiger partial charge < -0.3 is 19.5 Å². The van der Waals surface area contributed by atoms with Crippen molar-refractivity contribution in [2.45, 2.75) is 48.6 Å². The minimum Gasteiger partial charge on any atom is -0.463 e. The van der Waals surface area contributed by atoms with Crippen molar-refractivity contribution in [2.24, 2.45) is 0 Å². The number of esters is 2. The number of carbonyl (C=O) groups is 4. The summed E-state index contributed by atoms with van der Waals surface area (Å²) in [6, 6.07) is 9.91. The zero-order valence-electron chi connectivity index (χ0n) is 19.1. The Labute approximate surface area is 219 Å². The summed E-state index contributed by atoms with van der Waals surface area (Å²) in [5, 5.41) is 14.5. The van der Waals surface area contributed by atoms with Gasteiger partial charge >= 0.3 is 18.0 Å². The van der Waals surface area contributed by atoms with Crippen LogP contribution in [-0.2, 0) is 23.8 Å². The zero-order valence-corrected chi connectivity index (χ0v) is 21.6. The van der Waals surface area contributed by atoms with Crippen LogP contribution in [0.2, 0.25) is 0 Å². The fraction of sp³-hybridized carbons (Fsp3) is 0.304. The number of ether oxygens (including phenoxy) is 3. The summed E-state index contributed by atoms with van der Waals surface area (Å²) < 4.78 is 16.6. The number of hydrogen-bond donors (Lipinski definition) is 2. The third kappa shape index (κ3) is 7.77. The molecule has 0 bridgehead atoms. The number of amides is 3. The van der Waals surface area contributed by atoms with Gasteiger partial charge in [0.05, 0.1) is 11.1 Å². The predicted octanol–water partition coefficient (Wildman–Crippen LogP) is 2.92. The normalized spacial score (nSPS) is 18.6. The Morgan fingerprint density at radius 3 is 2.58 bits per heavy atom. The summed E-state index contributed by atoms with van der Waals surface area (Å²) in [6.07, 6.45) is -1.07. The first-order chi connectivity index (χ1) is 17.1. The molecule has 0 radical (unpaired) electrons. The molecule has 1 aliphatic rings. The topological polar surface area (TPSA) is 157 Å². The fourth-order valence-corrected chi connectivity index (χ4v) is 4.28. The summed E-state index contributed by atoms with van der Waals surface area (Å²) in [5.41, 5.74) is 0.187. The van der Waals surface area contributed by atoms with E-state index in [-0.39, 0.29) is 24.2 Å². The molecular formula is C23H21BrN4O7S. The van der Waals surface area contributed by atoms with Gasteiger partial charge in [-0.05, 0) is 30.3 Å². The number of benzene rings is 1. The number of carbonyl (C=O) groups excluding carboxylic acids is 4. The van der Waals surface area contributed by atoms with E-state index < -0.39 is 42.3 Å². The van der Waals surface area contributed by atoms with Gasteiger partial charge in [0.1, 0.15) is 36.1 Å². The van der Waals surface area contributed by atoms with Gasteiger partial charge in [0.25, 0.3) is 5.91 Å². The number of halogens is 1. The molecule has 2 aromatic rings. The second-order valence-corrected chi connectivity index (χ2v) is 9.50. The number of nitriles is 1. The van der Waals surface area contributed by atoms with Gasteiger partial charge in [0.15, 0.2) is 0 Å². The molecule has 2 N–H and O–H groups in total. The van der Waals surface area contributed by atoms with E-state index in [1.165, 1.54) is 37.9 Å². The number of imide groups is 1. The highest BCUT2D eigenvalue weighted by molar-refractivity contribution is 9.10. The number of nitrogens with one attached hydrogen (secondary N) is 2. The zero-order chi connectivity index (χ0) is 26.2. The molecule has 0 spiro atoms. The van der Waals surface area contributed by atoms with Gasteiger partial charge in [-0.2, -0.15) is 5.26 Å². The van der Waals surface area contributed by atoms with Crippen molar-refractivity contribution in [1.82, 2.24) is 15.6 Å². The lowest BCUT2D eigenvalue weighted by Crippen LogP contribution is -2.44. The first kappa shape index (κ1) is 27.1. The summed E-state index contributed by atoms with van der Waals surface area (Å²) in [7, 11) is 0. The molecular weight excluding hydrogens is 556 g/mol.